The molecule has 7 nitrogen and oxygen atoms in total. The minimum Gasteiger partial charge on any atom is -0.465 e. The number of rotatable bonds is 1. The van der Waals surface area contributed by atoms with E-state index in [0.717, 1.165) is 5.01 Å². The van der Waals surface area contributed by atoms with Gasteiger partial charge >= 0.3 is 6.09 Å². The maximum Gasteiger partial charge on any atom is 0.407 e. The number of nitro groups is 1. The molecule has 0 aromatic carbocycles. The number of piperazine rings is 1. The molecule has 0 aromatic rings. The third-order valence-electron chi connectivity index (χ3n) is 1.76. The van der Waals surface area contributed by atoms with Crippen LogP contribution in [0.3, 0.4) is 0 Å². The number of amides is 1. The first kappa shape index (κ1) is 8.57. The molecule has 1 heterocycles. The van der Waals surface area contributed by atoms with Crippen LogP contribution in [-0.4, -0.2) is 52.3 Å². The largest absolute Gasteiger partial charge is 0.465 e. The highest BCUT2D eigenvalue weighted by molar-refractivity contribution is 5.65. The van der Waals surface area contributed by atoms with Crippen LogP contribution in [0.15, 0.2) is 0 Å². The Morgan fingerprint density at radius 2 is 1.83 bits per heavy atom. The van der Waals surface area contributed by atoms with Gasteiger partial charge in [-0.25, -0.2) is 14.9 Å². The van der Waals surface area contributed by atoms with E-state index in [2.05, 4.69) is 0 Å². The maximum absolute atomic E-state index is 10.4. The molecule has 0 aliphatic carbocycles. The number of hydrogen-bond acceptors (Lipinski definition) is 3. The monoisotopic (exact) mass is 175 g/mol. The van der Waals surface area contributed by atoms with E-state index in [0.29, 0.717) is 0 Å². The Bertz CT molecular complexity index is 177. The number of carboxylic acid groups (broad SMARTS) is 1. The third-order valence-corrected chi connectivity index (χ3v) is 1.76. The Labute approximate surface area is 68.3 Å². The Balaban J connectivity index is 2.39. The highest BCUT2D eigenvalue weighted by Gasteiger charge is 2.25. The summed E-state index contributed by atoms with van der Waals surface area (Å²) in [5.74, 6) is 0. The van der Waals surface area contributed by atoms with Crippen LogP contribution in [0.1, 0.15) is 0 Å². The second-order valence-electron chi connectivity index (χ2n) is 2.46. The van der Waals surface area contributed by atoms with Crippen LogP contribution in [0.2, 0.25) is 0 Å². The van der Waals surface area contributed by atoms with Gasteiger partial charge in [-0.1, -0.05) is 0 Å². The molecule has 1 aliphatic heterocycles. The summed E-state index contributed by atoms with van der Waals surface area (Å²) < 4.78 is 0. The zero-order chi connectivity index (χ0) is 9.14. The SMILES string of the molecule is O=C(O)N1CCN([N+](=O)[O-])CC1. The summed E-state index contributed by atoms with van der Waals surface area (Å²) in [5, 5.41) is 19.2. The fourth-order valence-corrected chi connectivity index (χ4v) is 1.05. The summed E-state index contributed by atoms with van der Waals surface area (Å²) in [6.45, 7) is 0.741. The van der Waals surface area contributed by atoms with E-state index in [1.807, 2.05) is 0 Å². The second kappa shape index (κ2) is 3.24. The first-order valence-electron chi connectivity index (χ1n) is 3.48. The molecule has 0 radical (unpaired) electrons. The molecule has 0 atom stereocenters. The highest BCUT2D eigenvalue weighted by Crippen LogP contribution is 2.00. The van der Waals surface area contributed by atoms with Gasteiger partial charge in [-0.2, -0.15) is 0 Å². The predicted molar refractivity (Wildman–Crippen MR) is 38.2 cm³/mol. The molecule has 0 bridgehead atoms. The Morgan fingerprint density at radius 1 is 1.33 bits per heavy atom. The van der Waals surface area contributed by atoms with E-state index in [1.54, 1.807) is 0 Å². The van der Waals surface area contributed by atoms with Crippen molar-refractivity contribution in [1.29, 1.82) is 0 Å². The molecule has 1 N–H and O–H groups in total. The molecule has 0 spiro atoms. The fourth-order valence-electron chi connectivity index (χ4n) is 1.05. The van der Waals surface area contributed by atoms with E-state index in [1.165, 1.54) is 4.90 Å². The van der Waals surface area contributed by atoms with Crippen molar-refractivity contribution >= 4 is 6.09 Å². The first-order valence-corrected chi connectivity index (χ1v) is 3.48. The normalized spacial score (nSPS) is 17.7. The van der Waals surface area contributed by atoms with Gasteiger partial charge in [-0.15, -0.1) is 5.01 Å². The molecule has 1 fully saturated rings. The first-order chi connectivity index (χ1) is 5.61. The van der Waals surface area contributed by atoms with Crippen LogP contribution in [0, 0.1) is 10.1 Å². The van der Waals surface area contributed by atoms with E-state index < -0.39 is 11.1 Å². The molecule has 7 heteroatoms. The average molecular weight is 175 g/mol. The smallest absolute Gasteiger partial charge is 0.407 e. The van der Waals surface area contributed by atoms with Crippen molar-refractivity contribution in [1.82, 2.24) is 9.91 Å². The van der Waals surface area contributed by atoms with Gasteiger partial charge in [0.25, 0.3) is 0 Å². The van der Waals surface area contributed by atoms with Gasteiger partial charge in [-0.05, 0) is 0 Å². The van der Waals surface area contributed by atoms with E-state index in [4.69, 9.17) is 5.11 Å². The van der Waals surface area contributed by atoms with Gasteiger partial charge in [-0.3, -0.25) is 0 Å². The number of carbonyl (C=O) groups is 1. The van der Waals surface area contributed by atoms with Crippen LogP contribution in [-0.2, 0) is 0 Å². The van der Waals surface area contributed by atoms with Crippen molar-refractivity contribution < 1.29 is 14.9 Å². The maximum atomic E-state index is 10.4. The lowest BCUT2D eigenvalue weighted by Crippen LogP contribution is -2.50. The number of hydrazine groups is 1. The molecule has 1 amide bonds. The van der Waals surface area contributed by atoms with E-state index in [-0.39, 0.29) is 26.2 Å². The Kier molecular flexibility index (Phi) is 2.32. The van der Waals surface area contributed by atoms with Gasteiger partial charge in [0.05, 0.1) is 13.1 Å². The van der Waals surface area contributed by atoms with Crippen molar-refractivity contribution in [3.63, 3.8) is 0 Å². The van der Waals surface area contributed by atoms with Crippen LogP contribution in [0.5, 0.6) is 0 Å². The molecular formula is C5H9N3O4. The lowest BCUT2D eigenvalue weighted by Gasteiger charge is -2.27. The van der Waals surface area contributed by atoms with Crippen molar-refractivity contribution in [2.24, 2.45) is 0 Å². The van der Waals surface area contributed by atoms with Crippen LogP contribution < -0.4 is 0 Å². The predicted octanol–water partition coefficient (Wildman–Crippen LogP) is -0.526. The molecule has 12 heavy (non-hydrogen) atoms. The summed E-state index contributed by atoms with van der Waals surface area (Å²) in [7, 11) is 0. The third kappa shape index (κ3) is 1.74. The summed E-state index contributed by atoms with van der Waals surface area (Å²) in [4.78, 5) is 21.7. The number of nitrogens with zero attached hydrogens (tertiary/aromatic N) is 3. The van der Waals surface area contributed by atoms with Gasteiger partial charge in [0.1, 0.15) is 0 Å². The summed E-state index contributed by atoms with van der Waals surface area (Å²) >= 11 is 0. The number of hydrogen-bond donors (Lipinski definition) is 1. The van der Waals surface area contributed by atoms with Gasteiger partial charge in [0.15, 0.2) is 5.03 Å². The molecule has 68 valence electrons. The molecule has 0 unspecified atom stereocenters. The van der Waals surface area contributed by atoms with Crippen LogP contribution >= 0.6 is 0 Å². The summed E-state index contributed by atoms with van der Waals surface area (Å²) in [6, 6.07) is 0. The van der Waals surface area contributed by atoms with Crippen molar-refractivity contribution in [3.05, 3.63) is 10.1 Å². The molecule has 1 aliphatic rings. The Hall–Kier alpha value is -1.53. The van der Waals surface area contributed by atoms with Crippen molar-refractivity contribution in [3.8, 4) is 0 Å². The Morgan fingerprint density at radius 3 is 2.17 bits per heavy atom. The minimum atomic E-state index is -1.02. The standard InChI is InChI=1S/C5H9N3O4/c9-5(10)6-1-3-7(4-2-6)8(11)12/h1-4H2,(H,9,10). The summed E-state index contributed by atoms with van der Waals surface area (Å²) in [5.41, 5.74) is 0. The van der Waals surface area contributed by atoms with Gasteiger partial charge in [0.2, 0.25) is 0 Å². The average Bonchev–Trinajstić information content (AvgIpc) is 2.04. The van der Waals surface area contributed by atoms with Crippen LogP contribution in [0.25, 0.3) is 0 Å². The lowest BCUT2D eigenvalue weighted by molar-refractivity contribution is -0.657. The van der Waals surface area contributed by atoms with Crippen molar-refractivity contribution in [2.75, 3.05) is 26.2 Å². The molecule has 0 aromatic heterocycles. The molecule has 1 saturated heterocycles. The van der Waals surface area contributed by atoms with E-state index in [9.17, 15) is 14.9 Å². The minimum absolute atomic E-state index is 0.166. The molecular weight excluding hydrogens is 166 g/mol. The lowest BCUT2D eigenvalue weighted by atomic mass is 10.4. The van der Waals surface area contributed by atoms with E-state index >= 15 is 0 Å². The quantitative estimate of drug-likeness (QED) is 0.427. The second-order valence-corrected chi connectivity index (χ2v) is 2.46. The zero-order valence-corrected chi connectivity index (χ0v) is 6.34. The molecule has 1 rings (SSSR count). The zero-order valence-electron chi connectivity index (χ0n) is 6.34. The highest BCUT2D eigenvalue weighted by atomic mass is 16.7. The fraction of sp³-hybridized carbons (Fsp3) is 0.800. The van der Waals surface area contributed by atoms with Crippen LogP contribution in [0.4, 0.5) is 4.79 Å². The van der Waals surface area contributed by atoms with Gasteiger partial charge in [0, 0.05) is 13.1 Å². The van der Waals surface area contributed by atoms with Gasteiger partial charge < -0.3 is 10.0 Å². The topological polar surface area (TPSA) is 86.9 Å². The summed E-state index contributed by atoms with van der Waals surface area (Å²) in [6.07, 6.45) is -1.02. The van der Waals surface area contributed by atoms with Crippen molar-refractivity contribution in [2.45, 2.75) is 0 Å². The molecule has 0 saturated carbocycles.